The zero-order chi connectivity index (χ0) is 28.9. The molecule has 2 N–H and O–H groups in total. The van der Waals surface area contributed by atoms with E-state index in [1.165, 1.54) is 25.3 Å². The maximum Gasteiger partial charge on any atom is 0.407 e. The van der Waals surface area contributed by atoms with Gasteiger partial charge in [0.15, 0.2) is 11.6 Å². The Kier molecular flexibility index (Phi) is 8.90. The van der Waals surface area contributed by atoms with Crippen LogP contribution in [0.5, 0.6) is 5.75 Å². The number of benzene rings is 1. The maximum atomic E-state index is 13.7. The zero-order valence-electron chi connectivity index (χ0n) is 23.4. The average Bonchev–Trinajstić information content (AvgIpc) is 3.36. The number of aromatic nitrogens is 6. The zero-order valence-corrected chi connectivity index (χ0v) is 23.4. The van der Waals surface area contributed by atoms with Crippen LogP contribution in [-0.4, -0.2) is 60.9 Å². The Balaban J connectivity index is 1.32. The van der Waals surface area contributed by atoms with E-state index in [0.29, 0.717) is 35.4 Å². The predicted molar refractivity (Wildman–Crippen MR) is 143 cm³/mol. The normalized spacial score (nSPS) is 17.2. The van der Waals surface area contributed by atoms with Crippen molar-refractivity contribution < 1.29 is 23.5 Å². The quantitative estimate of drug-likeness (QED) is 0.426. The Labute approximate surface area is 232 Å². The highest BCUT2D eigenvalue weighted by atomic mass is 19.1. The molecule has 0 bridgehead atoms. The first kappa shape index (κ1) is 28.8. The number of nitrogens with one attached hydrogen (secondary N) is 2. The van der Waals surface area contributed by atoms with Crippen molar-refractivity contribution >= 4 is 12.0 Å². The highest BCUT2D eigenvalue weighted by Gasteiger charge is 2.26. The number of methoxy groups -OCH3 is 1. The number of ether oxygens (including phenoxy) is 2. The monoisotopic (exact) mass is 554 g/mol. The lowest BCUT2D eigenvalue weighted by atomic mass is 9.86. The minimum atomic E-state index is -0.525. The van der Waals surface area contributed by atoms with Gasteiger partial charge in [-0.2, -0.15) is 4.80 Å². The summed E-state index contributed by atoms with van der Waals surface area (Å²) >= 11 is 0. The fraction of sp³-hybridized carbons (Fsp3) is 0.519. The summed E-state index contributed by atoms with van der Waals surface area (Å²) in [6.45, 7) is 7.96. The lowest BCUT2D eigenvalue weighted by Crippen LogP contribution is -2.41. The van der Waals surface area contributed by atoms with Gasteiger partial charge in [-0.05, 0) is 88.3 Å². The van der Waals surface area contributed by atoms with Crippen LogP contribution in [0.1, 0.15) is 68.3 Å². The number of carbonyl (C=O) groups excluding carboxylic acids is 2. The van der Waals surface area contributed by atoms with Gasteiger partial charge < -0.3 is 20.1 Å². The van der Waals surface area contributed by atoms with Gasteiger partial charge in [0.1, 0.15) is 22.8 Å². The summed E-state index contributed by atoms with van der Waals surface area (Å²) in [5.74, 6) is 0.238. The molecule has 1 aliphatic rings. The lowest BCUT2D eigenvalue weighted by molar-refractivity contribution is 0.0485. The molecule has 0 radical (unpaired) electrons. The molecule has 3 aromatic rings. The van der Waals surface area contributed by atoms with E-state index >= 15 is 0 Å². The number of aryl methyl sites for hydroxylation is 1. The van der Waals surface area contributed by atoms with E-state index in [2.05, 4.69) is 36.0 Å². The van der Waals surface area contributed by atoms with Gasteiger partial charge in [0.25, 0.3) is 5.91 Å². The van der Waals surface area contributed by atoms with Crippen LogP contribution in [0.2, 0.25) is 0 Å². The topological polar surface area (TPSA) is 146 Å². The molecule has 13 heteroatoms. The Morgan fingerprint density at radius 3 is 2.58 bits per heavy atom. The maximum absolute atomic E-state index is 13.7. The Morgan fingerprint density at radius 2 is 1.88 bits per heavy atom. The molecule has 0 spiro atoms. The molecular formula is C27H35FN8O4. The largest absolute Gasteiger partial charge is 0.494 e. The standard InChI is InChI=1S/C27H35FN8O4/c1-16-30-21(13-22(31-16)25(37)29-14-18-8-11-20(28)23(12-18)39-5)24-33-35-36(34-24)15-17-6-9-19(10-7-17)32-26(38)40-27(2,3)4/h8,11-13,17,19H,6-7,9-10,14-15H2,1-5H3,(H,29,37)(H,32,38)/t17-,19-. The first-order chi connectivity index (χ1) is 19.0. The SMILES string of the molecule is COc1cc(CNC(=O)c2cc(-c3nnn(C[C@H]4CC[C@H](NC(=O)OC(C)(C)C)CC4)n3)nc(C)n2)ccc1F. The Hall–Kier alpha value is -4.16. The second kappa shape index (κ2) is 12.3. The molecular weight excluding hydrogens is 519 g/mol. The van der Waals surface area contributed by atoms with Crippen molar-refractivity contribution in [2.75, 3.05) is 7.11 Å². The summed E-state index contributed by atoms with van der Waals surface area (Å²) in [6.07, 6.45) is 3.13. The molecule has 0 unspecified atom stereocenters. The van der Waals surface area contributed by atoms with Crippen LogP contribution in [0.15, 0.2) is 24.3 Å². The molecule has 2 heterocycles. The van der Waals surface area contributed by atoms with E-state index in [9.17, 15) is 14.0 Å². The molecule has 2 aromatic heterocycles. The fourth-order valence-electron chi connectivity index (χ4n) is 4.50. The van der Waals surface area contributed by atoms with Crippen molar-refractivity contribution in [1.82, 2.24) is 40.8 Å². The molecule has 1 fully saturated rings. The third-order valence-electron chi connectivity index (χ3n) is 6.41. The number of amides is 2. The molecule has 1 saturated carbocycles. The van der Waals surface area contributed by atoms with Gasteiger partial charge in [0.2, 0.25) is 5.82 Å². The van der Waals surface area contributed by atoms with Crippen LogP contribution in [-0.2, 0) is 17.8 Å². The van der Waals surface area contributed by atoms with E-state index < -0.39 is 17.3 Å². The minimum Gasteiger partial charge on any atom is -0.494 e. The van der Waals surface area contributed by atoms with Crippen LogP contribution < -0.4 is 15.4 Å². The van der Waals surface area contributed by atoms with E-state index in [4.69, 9.17) is 9.47 Å². The molecule has 12 nitrogen and oxygen atoms in total. The van der Waals surface area contributed by atoms with Crippen molar-refractivity contribution in [3.8, 4) is 17.3 Å². The first-order valence-corrected chi connectivity index (χ1v) is 13.2. The third-order valence-corrected chi connectivity index (χ3v) is 6.41. The lowest BCUT2D eigenvalue weighted by Gasteiger charge is -2.29. The predicted octanol–water partition coefficient (Wildman–Crippen LogP) is 3.60. The number of nitrogens with zero attached hydrogens (tertiary/aromatic N) is 6. The number of tetrazole rings is 1. The van der Waals surface area contributed by atoms with Crippen LogP contribution in [0.3, 0.4) is 0 Å². The molecule has 4 rings (SSSR count). The summed E-state index contributed by atoms with van der Waals surface area (Å²) < 4.78 is 24.0. The van der Waals surface area contributed by atoms with Crippen molar-refractivity contribution in [2.24, 2.45) is 5.92 Å². The van der Waals surface area contributed by atoms with Crippen molar-refractivity contribution in [1.29, 1.82) is 0 Å². The van der Waals surface area contributed by atoms with Gasteiger partial charge in [0.05, 0.1) is 13.7 Å². The van der Waals surface area contributed by atoms with Gasteiger partial charge in [-0.15, -0.1) is 10.2 Å². The van der Waals surface area contributed by atoms with E-state index in [0.717, 1.165) is 25.7 Å². The minimum absolute atomic E-state index is 0.0871. The smallest absolute Gasteiger partial charge is 0.407 e. The number of hydrogen-bond acceptors (Lipinski definition) is 9. The molecule has 214 valence electrons. The summed E-state index contributed by atoms with van der Waals surface area (Å²) in [5, 5.41) is 18.5. The summed E-state index contributed by atoms with van der Waals surface area (Å²) in [7, 11) is 1.38. The third kappa shape index (κ3) is 7.93. The molecule has 0 atom stereocenters. The Morgan fingerprint density at radius 1 is 1.12 bits per heavy atom. The van der Waals surface area contributed by atoms with Crippen molar-refractivity contribution in [2.45, 2.75) is 78.1 Å². The van der Waals surface area contributed by atoms with Gasteiger partial charge in [-0.25, -0.2) is 19.2 Å². The average molecular weight is 555 g/mol. The fourth-order valence-corrected chi connectivity index (χ4v) is 4.50. The summed E-state index contributed by atoms with van der Waals surface area (Å²) in [5.41, 5.74) is 0.696. The highest BCUT2D eigenvalue weighted by Crippen LogP contribution is 2.26. The number of rotatable bonds is 8. The molecule has 40 heavy (non-hydrogen) atoms. The first-order valence-electron chi connectivity index (χ1n) is 13.2. The van der Waals surface area contributed by atoms with Gasteiger partial charge >= 0.3 is 6.09 Å². The molecule has 2 amide bonds. The molecule has 1 aromatic carbocycles. The van der Waals surface area contributed by atoms with Gasteiger partial charge in [-0.3, -0.25) is 4.79 Å². The van der Waals surface area contributed by atoms with E-state index in [1.54, 1.807) is 17.8 Å². The summed E-state index contributed by atoms with van der Waals surface area (Å²) in [4.78, 5) is 35.0. The van der Waals surface area contributed by atoms with Crippen molar-refractivity contribution in [3.63, 3.8) is 0 Å². The number of halogens is 1. The van der Waals surface area contributed by atoms with Gasteiger partial charge in [0, 0.05) is 12.6 Å². The summed E-state index contributed by atoms with van der Waals surface area (Å²) in [6, 6.07) is 5.99. The number of carbonyl (C=O) groups is 2. The molecule has 0 aliphatic heterocycles. The van der Waals surface area contributed by atoms with E-state index in [1.807, 2.05) is 20.8 Å². The number of hydrogen-bond donors (Lipinski definition) is 2. The number of alkyl carbamates (subject to hydrolysis) is 1. The van der Waals surface area contributed by atoms with Crippen LogP contribution in [0, 0.1) is 18.7 Å². The molecule has 0 saturated heterocycles. The van der Waals surface area contributed by atoms with E-state index in [-0.39, 0.29) is 30.1 Å². The second-order valence-corrected chi connectivity index (χ2v) is 10.9. The molecule has 1 aliphatic carbocycles. The van der Waals surface area contributed by atoms with Crippen LogP contribution in [0.4, 0.5) is 9.18 Å². The Bertz CT molecular complexity index is 1350. The highest BCUT2D eigenvalue weighted by molar-refractivity contribution is 5.93. The van der Waals surface area contributed by atoms with Crippen LogP contribution in [0.25, 0.3) is 11.5 Å². The second-order valence-electron chi connectivity index (χ2n) is 10.9. The van der Waals surface area contributed by atoms with Crippen LogP contribution >= 0.6 is 0 Å². The van der Waals surface area contributed by atoms with Gasteiger partial charge in [-0.1, -0.05) is 6.07 Å². The van der Waals surface area contributed by atoms with Crippen molar-refractivity contribution in [3.05, 3.63) is 47.2 Å².